The number of amides is 1. The maximum absolute atomic E-state index is 12.6. The van der Waals surface area contributed by atoms with Gasteiger partial charge in [-0.2, -0.15) is 5.26 Å². The first-order valence-electron chi connectivity index (χ1n) is 11.1. The van der Waals surface area contributed by atoms with Gasteiger partial charge in [0.1, 0.15) is 17.7 Å². The number of phenolic OH excluding ortho intramolecular Hbond substituents is 1. The largest absolute Gasteiger partial charge is 0.507 e. The smallest absolute Gasteiger partial charge is 0.251 e. The molecule has 1 aromatic heterocycles. The highest BCUT2D eigenvalue weighted by Gasteiger charge is 2.28. The first-order valence-corrected chi connectivity index (χ1v) is 11.1. The average molecular weight is 482 g/mol. The van der Waals surface area contributed by atoms with E-state index in [0.29, 0.717) is 60.9 Å². The van der Waals surface area contributed by atoms with Gasteiger partial charge in [-0.05, 0) is 42.7 Å². The molecule has 1 atom stereocenters. The molecule has 178 valence electrons. The van der Waals surface area contributed by atoms with Crippen molar-refractivity contribution in [2.75, 3.05) is 31.1 Å². The summed E-state index contributed by atoms with van der Waals surface area (Å²) in [7, 11) is 0. The third kappa shape index (κ3) is 5.22. The lowest BCUT2D eigenvalue weighted by atomic mass is 10.0. The van der Waals surface area contributed by atoms with Crippen molar-refractivity contribution in [3.8, 4) is 23.2 Å². The number of fused-ring (bicyclic) bond motifs is 1. The molecule has 3 aromatic rings. The molecule has 0 radical (unpaired) electrons. The van der Waals surface area contributed by atoms with Gasteiger partial charge in [0.15, 0.2) is 5.82 Å². The van der Waals surface area contributed by atoms with Crippen LogP contribution >= 0.6 is 12.4 Å². The molecule has 1 unspecified atom stereocenters. The summed E-state index contributed by atoms with van der Waals surface area (Å²) in [5.41, 5.74) is 1.70. The number of hydrogen-bond donors (Lipinski definition) is 2. The topological polar surface area (TPSA) is 114 Å². The van der Waals surface area contributed by atoms with E-state index in [1.807, 2.05) is 19.9 Å². The van der Waals surface area contributed by atoms with Crippen molar-refractivity contribution in [1.29, 1.82) is 5.26 Å². The van der Waals surface area contributed by atoms with E-state index in [-0.39, 0.29) is 30.0 Å². The van der Waals surface area contributed by atoms with Crippen molar-refractivity contribution in [3.63, 3.8) is 0 Å². The number of halogens is 1. The van der Waals surface area contributed by atoms with E-state index in [9.17, 15) is 20.3 Å². The second kappa shape index (κ2) is 10.7. The molecule has 2 heterocycles. The lowest BCUT2D eigenvalue weighted by molar-refractivity contribution is -0.141. The number of aromatic nitrogens is 2. The standard InChI is InChI=1S/C25H27N5O3.ClH/c1-16(2)13-22(32)25(33)30-11-9-29(10-12-30)24-19-14-17(15-26)7-8-20(19)27-23(28-24)18-5-3-4-6-21(18)31;/h3-8,14,16,22,31-32H,9-13H2,1-2H3;1H. The van der Waals surface area contributed by atoms with Crippen LogP contribution in [0.15, 0.2) is 42.5 Å². The number of piperazine rings is 1. The van der Waals surface area contributed by atoms with Crippen LogP contribution < -0.4 is 4.90 Å². The van der Waals surface area contributed by atoms with Crippen LogP contribution in [0.4, 0.5) is 5.82 Å². The van der Waals surface area contributed by atoms with E-state index in [0.717, 1.165) is 5.39 Å². The molecule has 2 aromatic carbocycles. The second-order valence-electron chi connectivity index (χ2n) is 8.69. The molecular weight excluding hydrogens is 454 g/mol. The third-order valence-electron chi connectivity index (χ3n) is 5.82. The summed E-state index contributed by atoms with van der Waals surface area (Å²) in [6.07, 6.45) is -0.543. The van der Waals surface area contributed by atoms with Crippen LogP contribution in [0.3, 0.4) is 0 Å². The fourth-order valence-corrected chi connectivity index (χ4v) is 4.10. The highest BCUT2D eigenvalue weighted by Crippen LogP contribution is 2.32. The van der Waals surface area contributed by atoms with Crippen LogP contribution in [0.5, 0.6) is 5.75 Å². The van der Waals surface area contributed by atoms with E-state index in [1.165, 1.54) is 0 Å². The van der Waals surface area contributed by atoms with Gasteiger partial charge in [-0.25, -0.2) is 9.97 Å². The van der Waals surface area contributed by atoms with E-state index < -0.39 is 6.10 Å². The zero-order valence-corrected chi connectivity index (χ0v) is 20.0. The summed E-state index contributed by atoms with van der Waals surface area (Å²) in [5, 5.41) is 30.7. The molecule has 0 spiro atoms. The van der Waals surface area contributed by atoms with Crippen LogP contribution in [0.2, 0.25) is 0 Å². The summed E-state index contributed by atoms with van der Waals surface area (Å²) in [4.78, 5) is 25.8. The molecule has 4 rings (SSSR count). The molecule has 0 saturated carbocycles. The molecule has 1 saturated heterocycles. The van der Waals surface area contributed by atoms with Crippen LogP contribution in [-0.4, -0.2) is 63.3 Å². The molecule has 34 heavy (non-hydrogen) atoms. The molecule has 2 N–H and O–H groups in total. The maximum atomic E-state index is 12.6. The summed E-state index contributed by atoms with van der Waals surface area (Å²) in [5.74, 6) is 1.14. The number of nitriles is 1. The second-order valence-corrected chi connectivity index (χ2v) is 8.69. The van der Waals surface area contributed by atoms with Crippen molar-refractivity contribution in [2.45, 2.75) is 26.4 Å². The fourth-order valence-electron chi connectivity index (χ4n) is 4.10. The van der Waals surface area contributed by atoms with Crippen LogP contribution in [0, 0.1) is 17.2 Å². The summed E-state index contributed by atoms with van der Waals surface area (Å²) in [6.45, 7) is 5.94. The first-order chi connectivity index (χ1) is 15.9. The molecule has 0 aliphatic carbocycles. The van der Waals surface area contributed by atoms with Gasteiger partial charge in [0.2, 0.25) is 0 Å². The molecule has 1 amide bonds. The zero-order chi connectivity index (χ0) is 23.5. The van der Waals surface area contributed by atoms with Crippen molar-refractivity contribution in [2.24, 2.45) is 5.92 Å². The molecule has 1 aliphatic rings. The minimum atomic E-state index is -0.984. The first kappa shape index (κ1) is 25.2. The van der Waals surface area contributed by atoms with Crippen molar-refractivity contribution in [3.05, 3.63) is 48.0 Å². The minimum absolute atomic E-state index is 0. The summed E-state index contributed by atoms with van der Waals surface area (Å²) in [6, 6.07) is 14.3. The van der Waals surface area contributed by atoms with Crippen LogP contribution in [0.1, 0.15) is 25.8 Å². The molecular formula is C25H28ClN5O3. The van der Waals surface area contributed by atoms with Gasteiger partial charge in [0.25, 0.3) is 5.91 Å². The molecule has 1 aliphatic heterocycles. The fraction of sp³-hybridized carbons (Fsp3) is 0.360. The number of para-hydroxylation sites is 1. The molecule has 0 bridgehead atoms. The molecule has 9 heteroatoms. The van der Waals surface area contributed by atoms with E-state index >= 15 is 0 Å². The molecule has 1 fully saturated rings. The van der Waals surface area contributed by atoms with Gasteiger partial charge in [-0.3, -0.25) is 4.79 Å². The highest BCUT2D eigenvalue weighted by molar-refractivity contribution is 5.92. The van der Waals surface area contributed by atoms with Gasteiger partial charge in [0.05, 0.1) is 22.7 Å². The Hall–Kier alpha value is -3.41. The predicted molar refractivity (Wildman–Crippen MR) is 133 cm³/mol. The summed E-state index contributed by atoms with van der Waals surface area (Å²) < 4.78 is 0. The van der Waals surface area contributed by atoms with Gasteiger partial charge in [0, 0.05) is 31.6 Å². The monoisotopic (exact) mass is 481 g/mol. The number of aromatic hydroxyl groups is 1. The number of anilines is 1. The maximum Gasteiger partial charge on any atom is 0.251 e. The number of phenols is 1. The number of carbonyl (C=O) groups excluding carboxylic acids is 1. The number of carbonyl (C=O) groups is 1. The Morgan fingerprint density at radius 2 is 1.82 bits per heavy atom. The Kier molecular flexibility index (Phi) is 7.92. The third-order valence-corrected chi connectivity index (χ3v) is 5.82. The quantitative estimate of drug-likeness (QED) is 0.574. The normalized spacial score (nSPS) is 14.6. The van der Waals surface area contributed by atoms with Crippen molar-refractivity contribution < 1.29 is 15.0 Å². The minimum Gasteiger partial charge on any atom is -0.507 e. The SMILES string of the molecule is CC(C)CC(O)C(=O)N1CCN(c2nc(-c3ccccc3O)nc3ccc(C#N)cc23)CC1.Cl. The van der Waals surface area contributed by atoms with Gasteiger partial charge < -0.3 is 20.0 Å². The molecule has 8 nitrogen and oxygen atoms in total. The number of aliphatic hydroxyl groups is 1. The van der Waals surface area contributed by atoms with Crippen LogP contribution in [0.25, 0.3) is 22.3 Å². The Morgan fingerprint density at radius 1 is 1.12 bits per heavy atom. The Bertz CT molecular complexity index is 1220. The van der Waals surface area contributed by atoms with Crippen molar-refractivity contribution >= 4 is 35.0 Å². The lowest BCUT2D eigenvalue weighted by Gasteiger charge is -2.37. The number of hydrogen-bond acceptors (Lipinski definition) is 7. The zero-order valence-electron chi connectivity index (χ0n) is 19.2. The number of rotatable bonds is 5. The van der Waals surface area contributed by atoms with E-state index in [1.54, 1.807) is 41.3 Å². The average Bonchev–Trinajstić information content (AvgIpc) is 2.82. The number of aliphatic hydroxyl groups excluding tert-OH is 1. The van der Waals surface area contributed by atoms with E-state index in [2.05, 4.69) is 16.0 Å². The predicted octanol–water partition coefficient (Wildman–Crippen LogP) is 3.35. The number of benzene rings is 2. The Labute approximate surface area is 204 Å². The Morgan fingerprint density at radius 3 is 2.47 bits per heavy atom. The van der Waals surface area contributed by atoms with Gasteiger partial charge in [-0.1, -0.05) is 26.0 Å². The highest BCUT2D eigenvalue weighted by atomic mass is 35.5. The lowest BCUT2D eigenvalue weighted by Crippen LogP contribution is -2.52. The summed E-state index contributed by atoms with van der Waals surface area (Å²) >= 11 is 0. The number of nitrogens with zero attached hydrogens (tertiary/aromatic N) is 5. The Balaban J connectivity index is 0.00000324. The van der Waals surface area contributed by atoms with Crippen molar-refractivity contribution in [1.82, 2.24) is 14.9 Å². The van der Waals surface area contributed by atoms with Crippen LogP contribution in [-0.2, 0) is 4.79 Å². The van der Waals surface area contributed by atoms with Gasteiger partial charge >= 0.3 is 0 Å². The van der Waals surface area contributed by atoms with E-state index in [4.69, 9.17) is 4.98 Å². The van der Waals surface area contributed by atoms with Gasteiger partial charge in [-0.15, -0.1) is 12.4 Å².